The molecule has 1 aliphatic rings. The molecule has 0 saturated carbocycles. The Morgan fingerprint density at radius 2 is 2.38 bits per heavy atom. The van der Waals surface area contributed by atoms with Gasteiger partial charge < -0.3 is 9.47 Å². The number of carbonyl (C=O) groups is 1. The highest BCUT2D eigenvalue weighted by atomic mass is 16.6. The number of aromatic nitrogens is 2. The third-order valence-corrected chi connectivity index (χ3v) is 2.00. The van der Waals surface area contributed by atoms with E-state index in [0.717, 1.165) is 0 Å². The molecule has 0 saturated heterocycles. The zero-order valence-corrected chi connectivity index (χ0v) is 8.62. The molecule has 84 valence electrons. The fourth-order valence-electron chi connectivity index (χ4n) is 1.33. The van der Waals surface area contributed by atoms with Crippen LogP contribution >= 0.6 is 0 Å². The van der Waals surface area contributed by atoms with Gasteiger partial charge in [-0.05, 0) is 13.0 Å². The zero-order chi connectivity index (χ0) is 11.5. The number of hydrogen-bond donors (Lipinski definition) is 0. The first-order valence-electron chi connectivity index (χ1n) is 4.81. The van der Waals surface area contributed by atoms with Crippen molar-refractivity contribution in [2.24, 2.45) is 0 Å². The average Bonchev–Trinajstić information content (AvgIpc) is 2.65. The smallest absolute Gasteiger partial charge is 0.354 e. The Kier molecular flexibility index (Phi) is 2.72. The number of cyclic esters (lactones) is 1. The molecule has 0 bridgehead atoms. The quantitative estimate of drug-likeness (QED) is 0.686. The Bertz CT molecular complexity index is 492. The van der Waals surface area contributed by atoms with E-state index in [1.165, 1.54) is 22.9 Å². The molecular formula is C10H10N2O4. The van der Waals surface area contributed by atoms with Gasteiger partial charge in [0.25, 0.3) is 0 Å². The topological polar surface area (TPSA) is 70.4 Å². The van der Waals surface area contributed by atoms with Gasteiger partial charge in [-0.2, -0.15) is 4.98 Å². The largest absolute Gasteiger partial charge is 0.478 e. The monoisotopic (exact) mass is 222 g/mol. The van der Waals surface area contributed by atoms with E-state index in [1.807, 2.05) is 0 Å². The van der Waals surface area contributed by atoms with Crippen molar-refractivity contribution in [2.45, 2.75) is 13.2 Å². The van der Waals surface area contributed by atoms with Crippen LogP contribution in [0.4, 0.5) is 0 Å². The Labute approximate surface area is 91.1 Å². The molecule has 0 spiro atoms. The second-order valence-corrected chi connectivity index (χ2v) is 3.08. The molecule has 2 rings (SSSR count). The summed E-state index contributed by atoms with van der Waals surface area (Å²) in [6.07, 6.45) is 3.54. The second-order valence-electron chi connectivity index (χ2n) is 3.08. The van der Waals surface area contributed by atoms with E-state index in [-0.39, 0.29) is 5.88 Å². The first-order valence-corrected chi connectivity index (χ1v) is 4.81. The summed E-state index contributed by atoms with van der Waals surface area (Å²) in [7, 11) is 0. The molecule has 0 amide bonds. The molecular weight excluding hydrogens is 212 g/mol. The van der Waals surface area contributed by atoms with Crippen molar-refractivity contribution in [3.63, 3.8) is 0 Å². The molecule has 6 heteroatoms. The molecule has 1 aromatic heterocycles. The van der Waals surface area contributed by atoms with Crippen molar-refractivity contribution >= 4 is 5.97 Å². The van der Waals surface area contributed by atoms with Crippen LogP contribution in [0.1, 0.15) is 13.2 Å². The van der Waals surface area contributed by atoms with E-state index in [0.29, 0.717) is 6.61 Å². The summed E-state index contributed by atoms with van der Waals surface area (Å²) in [5, 5.41) is 0. The third-order valence-electron chi connectivity index (χ3n) is 2.00. The fourth-order valence-corrected chi connectivity index (χ4v) is 1.33. The number of ether oxygens (including phenoxy) is 2. The molecule has 0 radical (unpaired) electrons. The summed E-state index contributed by atoms with van der Waals surface area (Å²) in [6, 6.07) is 1.55. The maximum absolute atomic E-state index is 11.6. The zero-order valence-electron chi connectivity index (χ0n) is 8.62. The maximum atomic E-state index is 11.6. The molecule has 0 aliphatic carbocycles. The highest BCUT2D eigenvalue weighted by Gasteiger charge is 2.19. The van der Waals surface area contributed by atoms with E-state index in [4.69, 9.17) is 9.47 Å². The predicted octanol–water partition coefficient (Wildman–Crippen LogP) is 0.254. The first-order chi connectivity index (χ1) is 7.70. The van der Waals surface area contributed by atoms with Gasteiger partial charge in [-0.15, -0.1) is 0 Å². The van der Waals surface area contributed by atoms with Crippen LogP contribution in [0.25, 0.3) is 0 Å². The van der Waals surface area contributed by atoms with Gasteiger partial charge in [0, 0.05) is 18.3 Å². The SMILES string of the molecule is CCOc1ccn([C@@H]2C=CC(=O)O2)c(=O)n1. The molecule has 0 aromatic carbocycles. The van der Waals surface area contributed by atoms with Crippen molar-refractivity contribution in [1.29, 1.82) is 0 Å². The minimum atomic E-state index is -0.705. The van der Waals surface area contributed by atoms with Gasteiger partial charge in [0.05, 0.1) is 6.61 Å². The minimum Gasteiger partial charge on any atom is -0.478 e. The summed E-state index contributed by atoms with van der Waals surface area (Å²) in [5.74, 6) is -0.206. The highest BCUT2D eigenvalue weighted by Crippen LogP contribution is 2.15. The summed E-state index contributed by atoms with van der Waals surface area (Å²) in [6.45, 7) is 2.24. The van der Waals surface area contributed by atoms with Gasteiger partial charge in [0.15, 0.2) is 0 Å². The van der Waals surface area contributed by atoms with Gasteiger partial charge in [0.1, 0.15) is 0 Å². The van der Waals surface area contributed by atoms with E-state index in [9.17, 15) is 9.59 Å². The van der Waals surface area contributed by atoms with E-state index >= 15 is 0 Å². The van der Waals surface area contributed by atoms with E-state index < -0.39 is 17.9 Å². The van der Waals surface area contributed by atoms with Crippen molar-refractivity contribution in [3.05, 3.63) is 34.9 Å². The molecule has 1 atom stereocenters. The van der Waals surface area contributed by atoms with Gasteiger partial charge >= 0.3 is 11.7 Å². The lowest BCUT2D eigenvalue weighted by molar-refractivity contribution is -0.141. The van der Waals surface area contributed by atoms with Crippen LogP contribution in [0.5, 0.6) is 5.88 Å². The van der Waals surface area contributed by atoms with Crippen LogP contribution in [0.3, 0.4) is 0 Å². The number of hydrogen-bond acceptors (Lipinski definition) is 5. The second kappa shape index (κ2) is 4.18. The fraction of sp³-hybridized carbons (Fsp3) is 0.300. The van der Waals surface area contributed by atoms with Crippen LogP contribution < -0.4 is 10.4 Å². The summed E-state index contributed by atoms with van der Waals surface area (Å²) >= 11 is 0. The van der Waals surface area contributed by atoms with E-state index in [1.54, 1.807) is 13.0 Å². The van der Waals surface area contributed by atoms with Crippen molar-refractivity contribution in [2.75, 3.05) is 6.61 Å². The number of carbonyl (C=O) groups excluding carboxylic acids is 1. The van der Waals surface area contributed by atoms with Crippen LogP contribution in [0.2, 0.25) is 0 Å². The summed E-state index contributed by atoms with van der Waals surface area (Å²) in [4.78, 5) is 26.1. The lowest BCUT2D eigenvalue weighted by atomic mass is 10.5. The van der Waals surface area contributed by atoms with Gasteiger partial charge in [-0.3, -0.25) is 4.57 Å². The van der Waals surface area contributed by atoms with Crippen LogP contribution in [-0.2, 0) is 9.53 Å². The lowest BCUT2D eigenvalue weighted by Gasteiger charge is -2.11. The lowest BCUT2D eigenvalue weighted by Crippen LogP contribution is -2.26. The van der Waals surface area contributed by atoms with Crippen LogP contribution in [0, 0.1) is 0 Å². The van der Waals surface area contributed by atoms with Crippen molar-refractivity contribution in [3.8, 4) is 5.88 Å². The van der Waals surface area contributed by atoms with Crippen LogP contribution in [-0.4, -0.2) is 22.1 Å². The highest BCUT2D eigenvalue weighted by molar-refractivity contribution is 5.84. The first kappa shape index (κ1) is 10.4. The minimum absolute atomic E-state index is 0.261. The molecule has 0 N–H and O–H groups in total. The number of esters is 1. The maximum Gasteiger partial charge on any atom is 0.354 e. The summed E-state index contributed by atoms with van der Waals surface area (Å²) in [5.41, 5.74) is -0.518. The number of nitrogens with zero attached hydrogens (tertiary/aromatic N) is 2. The van der Waals surface area contributed by atoms with Crippen LogP contribution in [0.15, 0.2) is 29.2 Å². The Morgan fingerprint density at radius 1 is 1.56 bits per heavy atom. The Morgan fingerprint density at radius 3 is 2.94 bits per heavy atom. The third kappa shape index (κ3) is 1.95. The number of rotatable bonds is 3. The van der Waals surface area contributed by atoms with Gasteiger partial charge in [-0.1, -0.05) is 0 Å². The van der Waals surface area contributed by atoms with Crippen molar-refractivity contribution in [1.82, 2.24) is 9.55 Å². The average molecular weight is 222 g/mol. The molecule has 1 aliphatic heterocycles. The molecule has 16 heavy (non-hydrogen) atoms. The van der Waals surface area contributed by atoms with E-state index in [2.05, 4.69) is 4.98 Å². The summed E-state index contributed by atoms with van der Waals surface area (Å²) < 4.78 is 11.1. The van der Waals surface area contributed by atoms with Gasteiger partial charge in [0.2, 0.25) is 12.1 Å². The predicted molar refractivity (Wildman–Crippen MR) is 53.9 cm³/mol. The Hall–Kier alpha value is -2.11. The Balaban J connectivity index is 2.26. The normalized spacial score (nSPS) is 18.6. The molecule has 0 fully saturated rings. The molecule has 2 heterocycles. The molecule has 0 unspecified atom stereocenters. The molecule has 1 aromatic rings. The van der Waals surface area contributed by atoms with Gasteiger partial charge in [-0.25, -0.2) is 9.59 Å². The standard InChI is InChI=1S/C10H10N2O4/c1-2-15-7-5-6-12(10(14)11-7)8-3-4-9(13)16-8/h3-6,8H,2H2,1H3/t8-/m0/s1. The molecule has 6 nitrogen and oxygen atoms in total. The van der Waals surface area contributed by atoms with Crippen molar-refractivity contribution < 1.29 is 14.3 Å².